The highest BCUT2D eigenvalue weighted by atomic mass is 19.1. The number of ether oxygens (including phenoxy) is 3. The monoisotopic (exact) mass is 704 g/mol. The summed E-state index contributed by atoms with van der Waals surface area (Å²) in [5.74, 6) is 1.03. The largest absolute Gasteiger partial charge is 0.497 e. The summed E-state index contributed by atoms with van der Waals surface area (Å²) >= 11 is 0. The van der Waals surface area contributed by atoms with Crippen LogP contribution in [0.5, 0.6) is 11.5 Å². The van der Waals surface area contributed by atoms with E-state index in [-0.39, 0.29) is 11.5 Å². The fraction of sp³-hybridized carbons (Fsp3) is 0.553. The molecule has 2 saturated heterocycles. The number of benzene rings is 2. The second-order valence-electron chi connectivity index (χ2n) is 14.5. The topological polar surface area (TPSA) is 134 Å². The zero-order valence-electron chi connectivity index (χ0n) is 30.4. The minimum Gasteiger partial charge on any atom is -0.497 e. The molecule has 0 N–H and O–H groups in total. The van der Waals surface area contributed by atoms with Crippen molar-refractivity contribution in [2.75, 3.05) is 43.2 Å². The van der Waals surface area contributed by atoms with Gasteiger partial charge in [0.05, 0.1) is 19.8 Å². The number of hydrogen-bond acceptors (Lipinski definition) is 10. The zero-order valence-corrected chi connectivity index (χ0v) is 30.4. The third-order valence-electron chi connectivity index (χ3n) is 9.24. The number of anilines is 2. The van der Waals surface area contributed by atoms with E-state index in [4.69, 9.17) is 18.7 Å². The van der Waals surface area contributed by atoms with Gasteiger partial charge in [-0.1, -0.05) is 19.0 Å². The number of piperidine rings is 1. The molecule has 0 spiro atoms. The van der Waals surface area contributed by atoms with Crippen LogP contribution in [0.2, 0.25) is 0 Å². The molecule has 0 saturated carbocycles. The quantitative estimate of drug-likeness (QED) is 0.175. The first-order chi connectivity index (χ1) is 24.4. The Morgan fingerprint density at radius 3 is 2.39 bits per heavy atom. The number of carbonyl (C=O) groups is 2. The van der Waals surface area contributed by atoms with E-state index in [1.165, 1.54) is 24.1 Å². The van der Waals surface area contributed by atoms with Crippen LogP contribution in [0, 0.1) is 23.1 Å². The molecule has 2 amide bonds. The summed E-state index contributed by atoms with van der Waals surface area (Å²) < 4.78 is 38.7. The molecule has 0 bridgehead atoms. The van der Waals surface area contributed by atoms with Gasteiger partial charge in [-0.15, -0.1) is 0 Å². The fourth-order valence-corrected chi connectivity index (χ4v) is 6.50. The molecule has 3 aromatic rings. The molecule has 2 unspecified atom stereocenters. The Hall–Kier alpha value is -4.86. The van der Waals surface area contributed by atoms with Crippen molar-refractivity contribution in [1.29, 1.82) is 5.26 Å². The minimum atomic E-state index is -1.45. The first-order valence-electron chi connectivity index (χ1n) is 17.8. The van der Waals surface area contributed by atoms with E-state index in [0.717, 1.165) is 43.7 Å². The Morgan fingerprint density at radius 1 is 1.08 bits per heavy atom. The Labute approximate surface area is 299 Å². The summed E-state index contributed by atoms with van der Waals surface area (Å²) in [7, 11) is 1.52. The minimum absolute atomic E-state index is 0.0360. The number of rotatable bonds is 12. The van der Waals surface area contributed by atoms with E-state index >= 15 is 4.39 Å². The summed E-state index contributed by atoms with van der Waals surface area (Å²) in [4.78, 5) is 37.4. The highest BCUT2D eigenvalue weighted by Crippen LogP contribution is 2.36. The van der Waals surface area contributed by atoms with Gasteiger partial charge in [-0.3, -0.25) is 9.69 Å². The summed E-state index contributed by atoms with van der Waals surface area (Å²) in [6, 6.07) is 11.5. The van der Waals surface area contributed by atoms with E-state index in [1.807, 2.05) is 13.8 Å². The zero-order chi connectivity index (χ0) is 36.7. The molecule has 3 heterocycles. The van der Waals surface area contributed by atoms with E-state index in [9.17, 15) is 14.9 Å². The third-order valence-corrected chi connectivity index (χ3v) is 9.24. The maximum absolute atomic E-state index is 16.2. The Balaban J connectivity index is 1.30. The third kappa shape index (κ3) is 9.28. The van der Waals surface area contributed by atoms with Gasteiger partial charge in [-0.25, -0.2) is 9.18 Å². The molecule has 13 heteroatoms. The van der Waals surface area contributed by atoms with E-state index in [0.29, 0.717) is 60.9 Å². The number of aromatic nitrogens is 2. The second-order valence-corrected chi connectivity index (χ2v) is 14.5. The van der Waals surface area contributed by atoms with Crippen molar-refractivity contribution >= 4 is 23.7 Å². The molecule has 51 heavy (non-hydrogen) atoms. The molecule has 0 aliphatic carbocycles. The number of methoxy groups -OCH3 is 1. The predicted molar refractivity (Wildman–Crippen MR) is 189 cm³/mol. The molecule has 5 rings (SSSR count). The van der Waals surface area contributed by atoms with E-state index in [1.54, 1.807) is 51.1 Å². The van der Waals surface area contributed by atoms with Gasteiger partial charge in [-0.05, 0) is 102 Å². The molecule has 274 valence electrons. The number of nitrogens with zero attached hydrogens (tertiary/aromatic N) is 6. The SMILES string of the molecule is COc1ccc(N(C(=O)OC(C)(C)C)C(C(=O)N2CCCC2C#N)c2ccc(OCCCC3CCN(c4nc(C(C)C)no4)CC3)cc2F)cc1. The lowest BCUT2D eigenvalue weighted by atomic mass is 9.92. The Morgan fingerprint density at radius 2 is 1.78 bits per heavy atom. The van der Waals surface area contributed by atoms with Gasteiger partial charge in [0.1, 0.15) is 35.0 Å². The molecule has 2 fully saturated rings. The molecule has 2 aliphatic rings. The van der Waals surface area contributed by atoms with Crippen LogP contribution in [0.3, 0.4) is 0 Å². The lowest BCUT2D eigenvalue weighted by Gasteiger charge is -2.35. The van der Waals surface area contributed by atoms with Gasteiger partial charge in [0.2, 0.25) is 0 Å². The molecule has 2 aliphatic heterocycles. The van der Waals surface area contributed by atoms with E-state index in [2.05, 4.69) is 21.1 Å². The Bertz CT molecular complexity index is 1670. The van der Waals surface area contributed by atoms with Crippen molar-refractivity contribution in [3.63, 3.8) is 0 Å². The predicted octanol–water partition coefficient (Wildman–Crippen LogP) is 7.41. The van der Waals surface area contributed by atoms with Crippen molar-refractivity contribution < 1.29 is 32.7 Å². The lowest BCUT2D eigenvalue weighted by molar-refractivity contribution is -0.132. The lowest BCUT2D eigenvalue weighted by Crippen LogP contribution is -2.48. The summed E-state index contributed by atoms with van der Waals surface area (Å²) in [5.41, 5.74) is -0.637. The summed E-state index contributed by atoms with van der Waals surface area (Å²) in [6.45, 7) is 11.6. The van der Waals surface area contributed by atoms with Crippen molar-refractivity contribution in [1.82, 2.24) is 15.0 Å². The van der Waals surface area contributed by atoms with Crippen LogP contribution in [-0.2, 0) is 9.53 Å². The number of likely N-dealkylation sites (tertiary alicyclic amines) is 1. The molecular weight excluding hydrogens is 655 g/mol. The summed E-state index contributed by atoms with van der Waals surface area (Å²) in [6.07, 6.45) is 4.06. The average molecular weight is 705 g/mol. The van der Waals surface area contributed by atoms with Crippen LogP contribution >= 0.6 is 0 Å². The molecule has 1 aromatic heterocycles. The Kier molecular flexibility index (Phi) is 12.1. The van der Waals surface area contributed by atoms with Crippen LogP contribution in [0.1, 0.15) is 96.5 Å². The van der Waals surface area contributed by atoms with Crippen LogP contribution < -0.4 is 19.3 Å². The van der Waals surface area contributed by atoms with Gasteiger partial charge < -0.3 is 28.5 Å². The van der Waals surface area contributed by atoms with Gasteiger partial charge in [0.25, 0.3) is 5.91 Å². The maximum atomic E-state index is 16.2. The number of carbonyl (C=O) groups excluding carboxylic acids is 2. The van der Waals surface area contributed by atoms with E-state index < -0.39 is 35.5 Å². The van der Waals surface area contributed by atoms with Gasteiger partial charge in [-0.2, -0.15) is 10.2 Å². The normalized spacial score (nSPS) is 17.3. The van der Waals surface area contributed by atoms with Crippen LogP contribution in [0.15, 0.2) is 47.0 Å². The fourth-order valence-electron chi connectivity index (χ4n) is 6.50. The van der Waals surface area contributed by atoms with Gasteiger partial charge >= 0.3 is 12.1 Å². The first kappa shape index (κ1) is 37.4. The molecule has 0 radical (unpaired) electrons. The van der Waals surface area contributed by atoms with Crippen LogP contribution in [-0.4, -0.2) is 72.0 Å². The molecule has 2 atom stereocenters. The van der Waals surface area contributed by atoms with Crippen molar-refractivity contribution in [3.8, 4) is 17.6 Å². The number of amides is 2. The van der Waals surface area contributed by atoms with Crippen molar-refractivity contribution in [2.24, 2.45) is 5.92 Å². The summed E-state index contributed by atoms with van der Waals surface area (Å²) in [5, 5.41) is 13.9. The highest BCUT2D eigenvalue weighted by molar-refractivity contribution is 5.98. The van der Waals surface area contributed by atoms with Crippen LogP contribution in [0.25, 0.3) is 0 Å². The van der Waals surface area contributed by atoms with Crippen molar-refractivity contribution in [2.45, 2.75) is 96.7 Å². The maximum Gasteiger partial charge on any atom is 0.415 e. The first-order valence-corrected chi connectivity index (χ1v) is 17.8. The van der Waals surface area contributed by atoms with Crippen molar-refractivity contribution in [3.05, 3.63) is 59.7 Å². The second kappa shape index (κ2) is 16.4. The average Bonchev–Trinajstić information content (AvgIpc) is 3.80. The highest BCUT2D eigenvalue weighted by Gasteiger charge is 2.42. The van der Waals surface area contributed by atoms with Gasteiger partial charge in [0, 0.05) is 42.9 Å². The number of nitriles is 1. The van der Waals surface area contributed by atoms with Gasteiger partial charge in [0.15, 0.2) is 5.82 Å². The number of halogens is 1. The molecule has 12 nitrogen and oxygen atoms in total. The van der Waals surface area contributed by atoms with Crippen LogP contribution in [0.4, 0.5) is 20.9 Å². The number of hydrogen-bond donors (Lipinski definition) is 0. The molecular formula is C38H49FN6O6. The smallest absolute Gasteiger partial charge is 0.415 e. The molecule has 2 aromatic carbocycles. The standard InChI is InChI=1S/C38H49FN6O6/c1-25(2)34-41-36(51-42-34)43-20-17-26(18-21-43)9-8-22-49-30-15-16-31(32(39)23-30)33(35(46)44-19-7-10-28(44)24-40)45(37(47)50-38(3,4)5)27-11-13-29(48-6)14-12-27/h11-16,23,25-26,28,33H,7-10,17-22H2,1-6H3.